The minimum Gasteiger partial charge on any atom is -0.462 e. The molecule has 5 heteroatoms. The standard InChI is InChI=1S/C20H30O5/c1-19-8-7-14(10-17(19)25-19)13-23-18(21)4-3-9-22-12-15-5-6-16-20(2,11-15)24-16/h3-4,14-17H,5-13H2,1-2H3. The van der Waals surface area contributed by atoms with Gasteiger partial charge >= 0.3 is 5.97 Å². The molecule has 0 aromatic rings. The fourth-order valence-electron chi connectivity index (χ4n) is 4.61. The van der Waals surface area contributed by atoms with Crippen molar-refractivity contribution in [3.05, 3.63) is 12.2 Å². The third kappa shape index (κ3) is 4.09. The van der Waals surface area contributed by atoms with Crippen LogP contribution in [0.3, 0.4) is 0 Å². The van der Waals surface area contributed by atoms with Gasteiger partial charge in [-0.2, -0.15) is 0 Å². The molecule has 0 aromatic carbocycles. The van der Waals surface area contributed by atoms with Crippen LogP contribution < -0.4 is 0 Å². The molecule has 4 rings (SSSR count). The molecule has 4 fully saturated rings. The molecule has 5 nitrogen and oxygen atoms in total. The SMILES string of the molecule is CC12CCC(COC(=O)C=CCOCC3CCC4OC4(C)C3)CC1O2. The topological polar surface area (TPSA) is 60.6 Å². The van der Waals surface area contributed by atoms with E-state index in [9.17, 15) is 4.79 Å². The largest absolute Gasteiger partial charge is 0.462 e. The maximum Gasteiger partial charge on any atom is 0.330 e. The van der Waals surface area contributed by atoms with Gasteiger partial charge in [-0.1, -0.05) is 6.08 Å². The Balaban J connectivity index is 1.06. The molecular weight excluding hydrogens is 320 g/mol. The van der Waals surface area contributed by atoms with Crippen molar-refractivity contribution in [1.82, 2.24) is 0 Å². The Kier molecular flexibility index (Phi) is 4.67. The first-order chi connectivity index (χ1) is 12.0. The summed E-state index contributed by atoms with van der Waals surface area (Å²) in [4.78, 5) is 11.8. The van der Waals surface area contributed by atoms with E-state index in [0.717, 1.165) is 38.7 Å². The van der Waals surface area contributed by atoms with Crippen molar-refractivity contribution in [3.63, 3.8) is 0 Å². The van der Waals surface area contributed by atoms with E-state index < -0.39 is 0 Å². The zero-order chi connectivity index (χ0) is 17.5. The maximum absolute atomic E-state index is 11.8. The van der Waals surface area contributed by atoms with Crippen LogP contribution in [-0.2, 0) is 23.7 Å². The van der Waals surface area contributed by atoms with Gasteiger partial charge in [-0.05, 0) is 64.2 Å². The highest BCUT2D eigenvalue weighted by Gasteiger charge is 2.56. The Morgan fingerprint density at radius 2 is 1.92 bits per heavy atom. The van der Waals surface area contributed by atoms with Crippen LogP contribution in [-0.4, -0.2) is 49.2 Å². The number of fused-ring (bicyclic) bond motifs is 2. The Bertz CT molecular complexity index is 546. The number of hydrogen-bond donors (Lipinski definition) is 0. The van der Waals surface area contributed by atoms with E-state index in [0.29, 0.717) is 37.3 Å². The summed E-state index contributed by atoms with van der Waals surface area (Å²) >= 11 is 0. The van der Waals surface area contributed by atoms with Crippen LogP contribution in [0.15, 0.2) is 12.2 Å². The number of rotatable bonds is 7. The molecular formula is C20H30O5. The van der Waals surface area contributed by atoms with Crippen LogP contribution in [0.25, 0.3) is 0 Å². The third-order valence-corrected chi connectivity index (χ3v) is 6.48. The van der Waals surface area contributed by atoms with Crippen molar-refractivity contribution >= 4 is 5.97 Å². The number of carbonyl (C=O) groups is 1. The summed E-state index contributed by atoms with van der Waals surface area (Å²) in [5.41, 5.74) is 0.244. The van der Waals surface area contributed by atoms with E-state index in [4.69, 9.17) is 18.9 Å². The van der Waals surface area contributed by atoms with Gasteiger partial charge in [0.2, 0.25) is 0 Å². The van der Waals surface area contributed by atoms with E-state index in [1.54, 1.807) is 6.08 Å². The number of ether oxygens (including phenoxy) is 4. The summed E-state index contributed by atoms with van der Waals surface area (Å²) < 4.78 is 22.4. The van der Waals surface area contributed by atoms with Crippen molar-refractivity contribution in [2.24, 2.45) is 11.8 Å². The lowest BCUT2D eigenvalue weighted by Gasteiger charge is -2.22. The molecule has 2 saturated heterocycles. The summed E-state index contributed by atoms with van der Waals surface area (Å²) in [5, 5.41) is 0. The van der Waals surface area contributed by atoms with Crippen molar-refractivity contribution in [2.75, 3.05) is 19.8 Å². The second-order valence-electron chi connectivity index (χ2n) is 8.70. The van der Waals surface area contributed by atoms with Crippen molar-refractivity contribution in [1.29, 1.82) is 0 Å². The van der Waals surface area contributed by atoms with Gasteiger partial charge < -0.3 is 18.9 Å². The first-order valence-electron chi connectivity index (χ1n) is 9.73. The first kappa shape index (κ1) is 17.5. The van der Waals surface area contributed by atoms with Crippen LogP contribution in [0.5, 0.6) is 0 Å². The summed E-state index contributed by atoms with van der Waals surface area (Å²) in [7, 11) is 0. The molecule has 2 saturated carbocycles. The molecule has 140 valence electrons. The lowest BCUT2D eigenvalue weighted by Crippen LogP contribution is -2.25. The van der Waals surface area contributed by atoms with Gasteiger partial charge in [0.05, 0.1) is 36.6 Å². The highest BCUT2D eigenvalue weighted by Crippen LogP contribution is 2.50. The van der Waals surface area contributed by atoms with Crippen LogP contribution in [0.4, 0.5) is 0 Å². The molecule has 2 aliphatic carbocycles. The minimum absolute atomic E-state index is 0.119. The minimum atomic E-state index is -0.270. The Morgan fingerprint density at radius 1 is 1.08 bits per heavy atom. The van der Waals surface area contributed by atoms with E-state index >= 15 is 0 Å². The van der Waals surface area contributed by atoms with Crippen molar-refractivity contribution < 1.29 is 23.7 Å². The van der Waals surface area contributed by atoms with Crippen LogP contribution in [0, 0.1) is 11.8 Å². The number of carbonyl (C=O) groups excluding carboxylic acids is 1. The second kappa shape index (κ2) is 6.67. The zero-order valence-corrected chi connectivity index (χ0v) is 15.4. The fraction of sp³-hybridized carbons (Fsp3) is 0.850. The van der Waals surface area contributed by atoms with Gasteiger partial charge in [-0.25, -0.2) is 4.79 Å². The predicted molar refractivity (Wildman–Crippen MR) is 92.2 cm³/mol. The van der Waals surface area contributed by atoms with Gasteiger partial charge in [-0.3, -0.25) is 0 Å². The van der Waals surface area contributed by atoms with Crippen LogP contribution in [0.2, 0.25) is 0 Å². The van der Waals surface area contributed by atoms with E-state index in [-0.39, 0.29) is 17.2 Å². The number of hydrogen-bond acceptors (Lipinski definition) is 5. The average Bonchev–Trinajstić information content (AvgIpc) is 3.44. The van der Waals surface area contributed by atoms with Crippen LogP contribution >= 0.6 is 0 Å². The summed E-state index contributed by atoms with van der Waals surface area (Å²) in [6.45, 7) is 6.08. The monoisotopic (exact) mass is 350 g/mol. The van der Waals surface area contributed by atoms with Gasteiger partial charge in [0.1, 0.15) is 0 Å². The van der Waals surface area contributed by atoms with Gasteiger partial charge in [0.25, 0.3) is 0 Å². The fourth-order valence-corrected chi connectivity index (χ4v) is 4.61. The predicted octanol–water partition coefficient (Wildman–Crippen LogP) is 3.02. The molecule has 0 amide bonds. The van der Waals surface area contributed by atoms with Crippen molar-refractivity contribution in [2.45, 2.75) is 75.8 Å². The molecule has 2 aliphatic heterocycles. The number of epoxide rings is 2. The highest BCUT2D eigenvalue weighted by molar-refractivity contribution is 5.81. The number of esters is 1. The molecule has 6 unspecified atom stereocenters. The van der Waals surface area contributed by atoms with Crippen molar-refractivity contribution in [3.8, 4) is 0 Å². The first-order valence-corrected chi connectivity index (χ1v) is 9.73. The summed E-state index contributed by atoms with van der Waals surface area (Å²) in [5.74, 6) is 0.745. The summed E-state index contributed by atoms with van der Waals surface area (Å²) in [6.07, 6.45) is 10.7. The lowest BCUT2D eigenvalue weighted by molar-refractivity contribution is -0.139. The zero-order valence-electron chi connectivity index (χ0n) is 15.4. The third-order valence-electron chi connectivity index (χ3n) is 6.48. The van der Waals surface area contributed by atoms with Gasteiger partial charge in [0.15, 0.2) is 0 Å². The van der Waals surface area contributed by atoms with Crippen LogP contribution in [0.1, 0.15) is 52.4 Å². The average molecular weight is 350 g/mol. The van der Waals surface area contributed by atoms with Gasteiger partial charge in [-0.15, -0.1) is 0 Å². The molecule has 25 heavy (non-hydrogen) atoms. The van der Waals surface area contributed by atoms with E-state index in [1.807, 2.05) is 0 Å². The molecule has 0 bridgehead atoms. The van der Waals surface area contributed by atoms with E-state index in [1.165, 1.54) is 12.5 Å². The quantitative estimate of drug-likeness (QED) is 0.306. The Hall–Kier alpha value is -0.910. The molecule has 0 radical (unpaired) electrons. The molecule has 0 spiro atoms. The molecule has 4 aliphatic rings. The Morgan fingerprint density at radius 3 is 2.72 bits per heavy atom. The Labute approximate surface area is 150 Å². The summed E-state index contributed by atoms with van der Waals surface area (Å²) in [6, 6.07) is 0. The smallest absolute Gasteiger partial charge is 0.330 e. The second-order valence-corrected chi connectivity index (χ2v) is 8.70. The molecule has 0 N–H and O–H groups in total. The molecule has 0 aromatic heterocycles. The molecule has 2 heterocycles. The van der Waals surface area contributed by atoms with Gasteiger partial charge in [0, 0.05) is 12.7 Å². The maximum atomic E-state index is 11.8. The molecule has 6 atom stereocenters. The highest BCUT2D eigenvalue weighted by atomic mass is 16.6. The van der Waals surface area contributed by atoms with E-state index in [2.05, 4.69) is 13.8 Å². The lowest BCUT2D eigenvalue weighted by atomic mass is 9.83. The normalized spacial score (nSPS) is 44.9.